The van der Waals surface area contributed by atoms with E-state index in [1.165, 1.54) is 5.56 Å². The number of aromatic hydroxyl groups is 1. The van der Waals surface area contributed by atoms with Gasteiger partial charge in [-0.2, -0.15) is 0 Å². The number of piperidine rings is 1. The van der Waals surface area contributed by atoms with Gasteiger partial charge in [0.25, 0.3) is 0 Å². The van der Waals surface area contributed by atoms with Crippen molar-refractivity contribution in [2.24, 2.45) is 5.92 Å². The highest BCUT2D eigenvalue weighted by atomic mass is 16.3. The molecule has 39 heavy (non-hydrogen) atoms. The molecule has 1 amide bonds. The quantitative estimate of drug-likeness (QED) is 0.256. The van der Waals surface area contributed by atoms with Crippen molar-refractivity contribution in [3.05, 3.63) is 78.4 Å². The fourth-order valence-corrected chi connectivity index (χ4v) is 7.06. The number of β-amino-alcohol motifs (C(OH)–C–C–N with tert-alkyl or cyclic N) is 1. The molecule has 2 N–H and O–H groups in total. The van der Waals surface area contributed by atoms with Crippen LogP contribution in [0.5, 0.6) is 5.75 Å². The molecule has 5 nitrogen and oxygen atoms in total. The lowest BCUT2D eigenvalue weighted by atomic mass is 9.55. The third kappa shape index (κ3) is 6.93. The number of phenolic OH excluding ortho intramolecular Hbond substituents is 1. The molecule has 0 radical (unpaired) electrons. The normalized spacial score (nSPS) is 25.3. The first kappa shape index (κ1) is 29.4. The highest BCUT2D eigenvalue weighted by Crippen LogP contribution is 2.53. The SMILES string of the molecule is C=CCN1CC[C@@]2(c3cccc(O)c3)C[C@H](N(CC(C)C)C(=O)CCCCCc3ccccc3)CC[C@]2(O)C1. The Kier molecular flexibility index (Phi) is 9.90. The Morgan fingerprint density at radius 2 is 1.92 bits per heavy atom. The molecule has 1 saturated heterocycles. The Labute approximate surface area is 235 Å². The van der Waals surface area contributed by atoms with E-state index < -0.39 is 11.0 Å². The number of fused-ring (bicyclic) bond motifs is 1. The molecular weight excluding hydrogens is 484 g/mol. The lowest BCUT2D eigenvalue weighted by Crippen LogP contribution is -2.67. The van der Waals surface area contributed by atoms with Crippen LogP contribution in [0.3, 0.4) is 0 Å². The third-order valence-corrected chi connectivity index (χ3v) is 9.01. The summed E-state index contributed by atoms with van der Waals surface area (Å²) in [4.78, 5) is 18.1. The van der Waals surface area contributed by atoms with E-state index in [1.807, 2.05) is 24.3 Å². The van der Waals surface area contributed by atoms with Crippen molar-refractivity contribution in [3.63, 3.8) is 0 Å². The van der Waals surface area contributed by atoms with Gasteiger partial charge in [0.2, 0.25) is 5.91 Å². The minimum absolute atomic E-state index is 0.0813. The first-order valence-corrected chi connectivity index (χ1v) is 14.9. The number of carbonyl (C=O) groups excluding carboxylic acids is 1. The van der Waals surface area contributed by atoms with Gasteiger partial charge in [-0.3, -0.25) is 9.69 Å². The number of hydrogen-bond donors (Lipinski definition) is 2. The van der Waals surface area contributed by atoms with Crippen LogP contribution in [0.1, 0.15) is 76.3 Å². The van der Waals surface area contributed by atoms with E-state index in [4.69, 9.17) is 0 Å². The van der Waals surface area contributed by atoms with Crippen molar-refractivity contribution in [3.8, 4) is 5.75 Å². The van der Waals surface area contributed by atoms with Crippen LogP contribution in [-0.2, 0) is 16.6 Å². The van der Waals surface area contributed by atoms with Gasteiger partial charge in [-0.05, 0) is 80.7 Å². The number of unbranched alkanes of at least 4 members (excludes halogenated alkanes) is 2. The molecule has 2 aromatic rings. The molecule has 4 rings (SSSR count). The van der Waals surface area contributed by atoms with Crippen LogP contribution in [0.15, 0.2) is 67.3 Å². The van der Waals surface area contributed by atoms with Crippen LogP contribution in [0.25, 0.3) is 0 Å². The number of phenols is 1. The van der Waals surface area contributed by atoms with Gasteiger partial charge in [-0.25, -0.2) is 0 Å². The summed E-state index contributed by atoms with van der Waals surface area (Å²) < 4.78 is 0. The number of benzene rings is 2. The van der Waals surface area contributed by atoms with Crippen molar-refractivity contribution < 1.29 is 15.0 Å². The standard InChI is InChI=1S/C34H48N2O3/c1-4-21-35-22-20-33(29-15-11-16-31(37)23-29)24-30(18-19-34(33,39)26-35)36(25-27(2)3)32(38)17-10-6-9-14-28-12-7-5-8-13-28/h4-5,7-8,11-13,15-16,23,27,30,37,39H,1,6,9-10,14,17-22,24-26H2,2-3H3/t30-,33+,34+/m1/s1. The van der Waals surface area contributed by atoms with E-state index in [2.05, 4.69) is 60.6 Å². The number of aliphatic hydroxyl groups is 1. The summed E-state index contributed by atoms with van der Waals surface area (Å²) >= 11 is 0. The topological polar surface area (TPSA) is 64.0 Å². The summed E-state index contributed by atoms with van der Waals surface area (Å²) in [6, 6.07) is 18.1. The number of nitrogens with zero attached hydrogens (tertiary/aromatic N) is 2. The van der Waals surface area contributed by atoms with E-state index in [1.54, 1.807) is 6.07 Å². The van der Waals surface area contributed by atoms with Crippen molar-refractivity contribution in [1.29, 1.82) is 0 Å². The number of rotatable bonds is 12. The molecule has 2 aromatic carbocycles. The number of hydrogen-bond acceptors (Lipinski definition) is 4. The van der Waals surface area contributed by atoms with E-state index in [0.717, 1.165) is 70.1 Å². The van der Waals surface area contributed by atoms with Gasteiger partial charge >= 0.3 is 0 Å². The molecule has 0 bridgehead atoms. The summed E-state index contributed by atoms with van der Waals surface area (Å²) in [5.74, 6) is 0.846. The first-order valence-electron chi connectivity index (χ1n) is 14.9. The summed E-state index contributed by atoms with van der Waals surface area (Å²) in [6.45, 7) is 11.2. The van der Waals surface area contributed by atoms with Crippen LogP contribution >= 0.6 is 0 Å². The maximum atomic E-state index is 13.7. The van der Waals surface area contributed by atoms with Gasteiger partial charge in [0.15, 0.2) is 0 Å². The molecule has 1 heterocycles. The molecule has 5 heteroatoms. The van der Waals surface area contributed by atoms with Gasteiger partial charge in [0.1, 0.15) is 5.75 Å². The van der Waals surface area contributed by atoms with Crippen LogP contribution in [0.4, 0.5) is 0 Å². The molecule has 2 fully saturated rings. The molecule has 1 saturated carbocycles. The zero-order chi connectivity index (χ0) is 27.9. The minimum atomic E-state index is -0.914. The highest BCUT2D eigenvalue weighted by molar-refractivity contribution is 5.76. The molecule has 1 aliphatic heterocycles. The van der Waals surface area contributed by atoms with E-state index in [-0.39, 0.29) is 17.7 Å². The maximum absolute atomic E-state index is 13.7. The van der Waals surface area contributed by atoms with Gasteiger partial charge in [-0.1, -0.05) is 68.8 Å². The van der Waals surface area contributed by atoms with Crippen molar-refractivity contribution >= 4 is 5.91 Å². The Bertz CT molecular complexity index is 1090. The highest BCUT2D eigenvalue weighted by Gasteiger charge is 2.58. The third-order valence-electron chi connectivity index (χ3n) is 9.01. The monoisotopic (exact) mass is 532 g/mol. The van der Waals surface area contributed by atoms with Crippen LogP contribution in [-0.4, -0.2) is 63.7 Å². The molecule has 0 spiro atoms. The molecule has 212 valence electrons. The van der Waals surface area contributed by atoms with Crippen molar-refractivity contribution in [1.82, 2.24) is 9.80 Å². The molecule has 1 aliphatic carbocycles. The summed E-state index contributed by atoms with van der Waals surface area (Å²) in [7, 11) is 0. The van der Waals surface area contributed by atoms with Crippen molar-refractivity contribution in [2.45, 2.75) is 88.7 Å². The number of aryl methyl sites for hydroxylation is 1. The smallest absolute Gasteiger partial charge is 0.222 e. The number of carbonyl (C=O) groups is 1. The predicted molar refractivity (Wildman–Crippen MR) is 159 cm³/mol. The predicted octanol–water partition coefficient (Wildman–Crippen LogP) is 6.09. The zero-order valence-corrected chi connectivity index (χ0v) is 24.0. The molecule has 2 aliphatic rings. The Morgan fingerprint density at radius 1 is 1.13 bits per heavy atom. The molecule has 0 unspecified atom stereocenters. The van der Waals surface area contributed by atoms with Crippen LogP contribution in [0.2, 0.25) is 0 Å². The average molecular weight is 533 g/mol. The summed E-state index contributed by atoms with van der Waals surface area (Å²) in [5, 5.41) is 22.6. The zero-order valence-electron chi connectivity index (χ0n) is 24.0. The minimum Gasteiger partial charge on any atom is -0.508 e. The second-order valence-corrected chi connectivity index (χ2v) is 12.3. The Hall–Kier alpha value is -2.63. The van der Waals surface area contributed by atoms with Gasteiger partial charge < -0.3 is 15.1 Å². The van der Waals surface area contributed by atoms with E-state index in [0.29, 0.717) is 25.3 Å². The van der Waals surface area contributed by atoms with Gasteiger partial charge in [0, 0.05) is 37.5 Å². The summed E-state index contributed by atoms with van der Waals surface area (Å²) in [5.41, 5.74) is 0.933. The second-order valence-electron chi connectivity index (χ2n) is 12.3. The fraction of sp³-hybridized carbons (Fsp3) is 0.559. The number of amides is 1. The van der Waals surface area contributed by atoms with E-state index in [9.17, 15) is 15.0 Å². The van der Waals surface area contributed by atoms with Gasteiger partial charge in [-0.15, -0.1) is 6.58 Å². The fourth-order valence-electron chi connectivity index (χ4n) is 7.06. The van der Waals surface area contributed by atoms with Crippen molar-refractivity contribution in [2.75, 3.05) is 26.2 Å². The Morgan fingerprint density at radius 3 is 2.64 bits per heavy atom. The second kappa shape index (κ2) is 13.1. The lowest BCUT2D eigenvalue weighted by Gasteiger charge is -2.59. The number of likely N-dealkylation sites (tertiary alicyclic amines) is 1. The Balaban J connectivity index is 1.49. The average Bonchev–Trinajstić information content (AvgIpc) is 2.91. The van der Waals surface area contributed by atoms with Gasteiger partial charge in [0.05, 0.1) is 5.60 Å². The lowest BCUT2D eigenvalue weighted by molar-refractivity contribution is -0.149. The largest absolute Gasteiger partial charge is 0.508 e. The summed E-state index contributed by atoms with van der Waals surface area (Å²) in [6.07, 6.45) is 9.54. The molecule has 0 aromatic heterocycles. The first-order chi connectivity index (χ1) is 18.8. The van der Waals surface area contributed by atoms with E-state index >= 15 is 0 Å². The van der Waals surface area contributed by atoms with Crippen LogP contribution in [0, 0.1) is 5.92 Å². The van der Waals surface area contributed by atoms with Crippen LogP contribution < -0.4 is 0 Å². The molecule has 3 atom stereocenters. The molecular formula is C34H48N2O3. The maximum Gasteiger partial charge on any atom is 0.222 e.